The molecule has 1 aliphatic carbocycles. The largest absolute Gasteiger partial charge is 0.0933 e. The molecule has 0 aromatic rings. The molecule has 11 heavy (non-hydrogen) atoms. The Balaban J connectivity index is 2.79. The van der Waals surface area contributed by atoms with Gasteiger partial charge in [-0.2, -0.15) is 0 Å². The normalized spacial score (nSPS) is 27.1. The van der Waals surface area contributed by atoms with Gasteiger partial charge in [0.2, 0.25) is 0 Å². The van der Waals surface area contributed by atoms with Crippen molar-refractivity contribution in [1.82, 2.24) is 0 Å². The van der Waals surface area contributed by atoms with Crippen LogP contribution in [0.25, 0.3) is 0 Å². The molecule has 0 saturated heterocycles. The highest BCUT2D eigenvalue weighted by molar-refractivity contribution is 6.25. The average molecular weight is 167 g/mol. The second-order valence-electron chi connectivity index (χ2n) is 2.38. The first-order valence-corrected chi connectivity index (χ1v) is 4.10. The molecule has 0 amide bonds. The Kier molecular flexibility index (Phi) is 3.18. The second kappa shape index (κ2) is 4.20. The standard InChI is InChI=1S/C10H11Cl/c1-2-9-5-3-4-6-10(9)7-8-11/h2-8,10H,1H3. The van der Waals surface area contributed by atoms with Crippen LogP contribution >= 0.6 is 11.6 Å². The molecule has 0 aromatic carbocycles. The Labute approximate surface area is 72.6 Å². The fraction of sp³-hybridized carbons (Fsp3) is 0.200. The molecule has 0 N–H and O–H groups in total. The topological polar surface area (TPSA) is 0 Å². The monoisotopic (exact) mass is 166 g/mol. The van der Waals surface area contributed by atoms with Gasteiger partial charge in [-0.15, -0.1) is 0 Å². The van der Waals surface area contributed by atoms with Gasteiger partial charge >= 0.3 is 0 Å². The Morgan fingerprint density at radius 3 is 2.91 bits per heavy atom. The third-order valence-corrected chi connectivity index (χ3v) is 1.86. The SMILES string of the molecule is CC=C1C=CC=CC1C=CCl. The van der Waals surface area contributed by atoms with Gasteiger partial charge < -0.3 is 0 Å². The average Bonchev–Trinajstić information content (AvgIpc) is 2.06. The van der Waals surface area contributed by atoms with Gasteiger partial charge in [0.15, 0.2) is 0 Å². The van der Waals surface area contributed by atoms with E-state index in [1.54, 1.807) is 5.54 Å². The predicted octanol–water partition coefficient (Wildman–Crippen LogP) is 3.43. The molecule has 0 heterocycles. The van der Waals surface area contributed by atoms with Crippen molar-refractivity contribution >= 4 is 11.6 Å². The lowest BCUT2D eigenvalue weighted by Gasteiger charge is -2.11. The highest BCUT2D eigenvalue weighted by Gasteiger charge is 2.04. The summed E-state index contributed by atoms with van der Waals surface area (Å²) in [5.41, 5.74) is 2.86. The molecule has 0 spiro atoms. The van der Waals surface area contributed by atoms with Crippen LogP contribution in [0.3, 0.4) is 0 Å². The molecule has 0 bridgehead atoms. The molecule has 1 heteroatoms. The Bertz CT molecular complexity index is 231. The Hall–Kier alpha value is -0.750. The molecule has 0 aromatic heterocycles. The van der Waals surface area contributed by atoms with E-state index in [0.717, 1.165) is 0 Å². The summed E-state index contributed by atoms with van der Waals surface area (Å²) >= 11 is 5.49. The van der Waals surface area contributed by atoms with Crippen molar-refractivity contribution in [3.8, 4) is 0 Å². The molecule has 0 aliphatic heterocycles. The summed E-state index contributed by atoms with van der Waals surface area (Å²) in [6.07, 6.45) is 12.4. The molecule has 1 aliphatic rings. The van der Waals surface area contributed by atoms with Crippen molar-refractivity contribution < 1.29 is 0 Å². The zero-order valence-electron chi connectivity index (χ0n) is 6.50. The summed E-state index contributed by atoms with van der Waals surface area (Å²) in [6, 6.07) is 0. The fourth-order valence-corrected chi connectivity index (χ4v) is 1.27. The van der Waals surface area contributed by atoms with E-state index in [1.165, 1.54) is 5.57 Å². The van der Waals surface area contributed by atoms with E-state index in [2.05, 4.69) is 18.2 Å². The summed E-state index contributed by atoms with van der Waals surface area (Å²) in [5.74, 6) is 0.363. The molecule has 58 valence electrons. The molecular weight excluding hydrogens is 156 g/mol. The molecule has 0 nitrogen and oxygen atoms in total. The zero-order chi connectivity index (χ0) is 8.10. The molecule has 1 atom stereocenters. The van der Waals surface area contributed by atoms with E-state index < -0.39 is 0 Å². The lowest BCUT2D eigenvalue weighted by atomic mass is 9.95. The van der Waals surface area contributed by atoms with Crippen molar-refractivity contribution in [2.75, 3.05) is 0 Å². The first-order valence-electron chi connectivity index (χ1n) is 3.66. The van der Waals surface area contributed by atoms with Crippen LogP contribution in [0, 0.1) is 5.92 Å². The maximum Gasteiger partial charge on any atom is 0.0210 e. The lowest BCUT2D eigenvalue weighted by molar-refractivity contribution is 0.992. The van der Waals surface area contributed by atoms with E-state index >= 15 is 0 Å². The first kappa shape index (κ1) is 8.35. The summed E-state index contributed by atoms with van der Waals surface area (Å²) in [4.78, 5) is 0. The van der Waals surface area contributed by atoms with Crippen LogP contribution in [-0.4, -0.2) is 0 Å². The number of rotatable bonds is 1. The minimum Gasteiger partial charge on any atom is -0.0933 e. The van der Waals surface area contributed by atoms with Crippen molar-refractivity contribution in [2.45, 2.75) is 6.92 Å². The summed E-state index contributed by atoms with van der Waals surface area (Å²) in [6.45, 7) is 2.04. The van der Waals surface area contributed by atoms with Crippen LogP contribution in [0.4, 0.5) is 0 Å². The van der Waals surface area contributed by atoms with Crippen LogP contribution in [0.2, 0.25) is 0 Å². The summed E-state index contributed by atoms with van der Waals surface area (Å²) in [7, 11) is 0. The van der Waals surface area contributed by atoms with Crippen LogP contribution < -0.4 is 0 Å². The van der Waals surface area contributed by atoms with E-state index in [4.69, 9.17) is 11.6 Å². The molecular formula is C10H11Cl. The van der Waals surface area contributed by atoms with E-state index in [-0.39, 0.29) is 0 Å². The third-order valence-electron chi connectivity index (χ3n) is 1.72. The van der Waals surface area contributed by atoms with Crippen LogP contribution in [0.1, 0.15) is 6.92 Å². The second-order valence-corrected chi connectivity index (χ2v) is 2.63. The Morgan fingerprint density at radius 2 is 2.27 bits per heavy atom. The van der Waals surface area contributed by atoms with Gasteiger partial charge in [0, 0.05) is 11.5 Å². The first-order chi connectivity index (χ1) is 5.38. The maximum atomic E-state index is 5.49. The van der Waals surface area contributed by atoms with Gasteiger partial charge in [-0.05, 0) is 12.5 Å². The molecule has 0 radical (unpaired) electrons. The smallest absolute Gasteiger partial charge is 0.0210 e. The van der Waals surface area contributed by atoms with Gasteiger partial charge in [-0.25, -0.2) is 0 Å². The molecule has 0 saturated carbocycles. The quantitative estimate of drug-likeness (QED) is 0.560. The number of hydrogen-bond acceptors (Lipinski definition) is 0. The molecule has 0 fully saturated rings. The van der Waals surface area contributed by atoms with Gasteiger partial charge in [-0.3, -0.25) is 0 Å². The van der Waals surface area contributed by atoms with Gasteiger partial charge in [-0.1, -0.05) is 48.1 Å². The number of allylic oxidation sites excluding steroid dienone is 7. The van der Waals surface area contributed by atoms with Crippen LogP contribution in [0.15, 0.2) is 47.6 Å². The van der Waals surface area contributed by atoms with Crippen LogP contribution in [-0.2, 0) is 0 Å². The number of halogens is 1. The maximum absolute atomic E-state index is 5.49. The minimum atomic E-state index is 0.363. The van der Waals surface area contributed by atoms with Crippen molar-refractivity contribution in [3.05, 3.63) is 47.6 Å². The molecule has 1 rings (SSSR count). The zero-order valence-corrected chi connectivity index (χ0v) is 7.25. The van der Waals surface area contributed by atoms with Gasteiger partial charge in [0.05, 0.1) is 0 Å². The van der Waals surface area contributed by atoms with Gasteiger partial charge in [0.25, 0.3) is 0 Å². The van der Waals surface area contributed by atoms with Crippen LogP contribution in [0.5, 0.6) is 0 Å². The summed E-state index contributed by atoms with van der Waals surface area (Å²) < 4.78 is 0. The highest BCUT2D eigenvalue weighted by Crippen LogP contribution is 2.19. The van der Waals surface area contributed by atoms with Crippen molar-refractivity contribution in [3.63, 3.8) is 0 Å². The predicted molar refractivity (Wildman–Crippen MR) is 50.5 cm³/mol. The van der Waals surface area contributed by atoms with E-state index in [1.807, 2.05) is 25.2 Å². The highest BCUT2D eigenvalue weighted by atomic mass is 35.5. The van der Waals surface area contributed by atoms with Crippen molar-refractivity contribution in [2.24, 2.45) is 5.92 Å². The van der Waals surface area contributed by atoms with Crippen molar-refractivity contribution in [1.29, 1.82) is 0 Å². The van der Waals surface area contributed by atoms with Gasteiger partial charge in [0.1, 0.15) is 0 Å². The van der Waals surface area contributed by atoms with E-state index in [9.17, 15) is 0 Å². The third kappa shape index (κ3) is 2.09. The summed E-state index contributed by atoms with van der Waals surface area (Å²) in [5, 5.41) is 0. The van der Waals surface area contributed by atoms with E-state index in [0.29, 0.717) is 5.92 Å². The fourth-order valence-electron chi connectivity index (χ4n) is 1.12. The lowest BCUT2D eigenvalue weighted by Crippen LogP contribution is -1.96. The Morgan fingerprint density at radius 1 is 1.45 bits per heavy atom. The number of hydrogen-bond donors (Lipinski definition) is 0. The molecule has 1 unspecified atom stereocenters. The minimum absolute atomic E-state index is 0.363.